The fraction of sp³-hybridized carbons (Fsp3) is 0.857. The van der Waals surface area contributed by atoms with Gasteiger partial charge in [-0.25, -0.2) is 0 Å². The first-order valence-corrected chi connectivity index (χ1v) is 3.30. The normalized spacial score (nSPS) is 12.9. The molecule has 0 heterocycles. The highest BCUT2D eigenvalue weighted by Crippen LogP contribution is 2.02. The fourth-order valence-electron chi connectivity index (χ4n) is 0.615. The van der Waals surface area contributed by atoms with Gasteiger partial charge in [-0.2, -0.15) is 0 Å². The lowest BCUT2D eigenvalue weighted by molar-refractivity contribution is -0.132. The molecule has 0 aliphatic carbocycles. The lowest BCUT2D eigenvalue weighted by Gasteiger charge is -2.14. The van der Waals surface area contributed by atoms with Crippen LogP contribution in [0.4, 0.5) is 0 Å². The van der Waals surface area contributed by atoms with Crippen LogP contribution in [-0.2, 0) is 4.79 Å². The molecule has 0 aromatic rings. The Balaban J connectivity index is 3.73. The molecule has 0 aliphatic heterocycles. The van der Waals surface area contributed by atoms with Gasteiger partial charge in [-0.05, 0) is 6.42 Å². The largest absolute Gasteiger partial charge is 0.349 e. The number of hydrogen-bond acceptors (Lipinski definition) is 1. The molecular formula is C7H15NO. The predicted octanol–water partition coefficient (Wildman–Crippen LogP) is 1.12. The van der Waals surface area contributed by atoms with Gasteiger partial charge < -0.3 is 4.90 Å². The molecular weight excluding hydrogens is 114 g/mol. The van der Waals surface area contributed by atoms with Crippen LogP contribution in [0.5, 0.6) is 0 Å². The molecule has 0 spiro atoms. The number of rotatable bonds is 2. The third kappa shape index (κ3) is 2.49. The van der Waals surface area contributed by atoms with Gasteiger partial charge in [0.1, 0.15) is 0 Å². The zero-order valence-corrected chi connectivity index (χ0v) is 6.64. The maximum atomic E-state index is 11.0. The van der Waals surface area contributed by atoms with Gasteiger partial charge >= 0.3 is 0 Å². The van der Waals surface area contributed by atoms with Crippen LogP contribution < -0.4 is 0 Å². The average Bonchev–Trinajstić information content (AvgIpc) is 1.84. The van der Waals surface area contributed by atoms with E-state index in [0.717, 1.165) is 6.42 Å². The van der Waals surface area contributed by atoms with Crippen molar-refractivity contribution in [3.63, 3.8) is 0 Å². The quantitative estimate of drug-likeness (QED) is 0.547. The van der Waals surface area contributed by atoms with Crippen LogP contribution in [-0.4, -0.2) is 24.9 Å². The highest BCUT2D eigenvalue weighted by Gasteiger charge is 2.10. The molecule has 0 aromatic heterocycles. The van der Waals surface area contributed by atoms with Crippen molar-refractivity contribution < 1.29 is 4.79 Å². The number of nitrogens with zero attached hydrogens (tertiary/aromatic N) is 1. The van der Waals surface area contributed by atoms with Crippen LogP contribution in [0, 0.1) is 5.92 Å². The van der Waals surface area contributed by atoms with E-state index in [1.807, 2.05) is 13.8 Å². The van der Waals surface area contributed by atoms with Crippen LogP contribution in [0.2, 0.25) is 0 Å². The molecule has 0 saturated heterocycles. The summed E-state index contributed by atoms with van der Waals surface area (Å²) in [5, 5.41) is 0. The molecule has 0 radical (unpaired) electrons. The zero-order chi connectivity index (χ0) is 7.44. The lowest BCUT2D eigenvalue weighted by Crippen LogP contribution is -2.27. The maximum Gasteiger partial charge on any atom is 0.224 e. The topological polar surface area (TPSA) is 20.3 Å². The van der Waals surface area contributed by atoms with E-state index in [1.54, 1.807) is 19.0 Å². The molecule has 0 saturated carbocycles. The minimum Gasteiger partial charge on any atom is -0.349 e. The number of carbonyl (C=O) groups is 1. The van der Waals surface area contributed by atoms with Crippen LogP contribution >= 0.6 is 0 Å². The van der Waals surface area contributed by atoms with E-state index in [2.05, 4.69) is 0 Å². The highest BCUT2D eigenvalue weighted by molar-refractivity contribution is 5.77. The summed E-state index contributed by atoms with van der Waals surface area (Å²) in [4.78, 5) is 12.6. The Bertz CT molecular complexity index is 99.1. The van der Waals surface area contributed by atoms with E-state index in [4.69, 9.17) is 0 Å². The highest BCUT2D eigenvalue weighted by atomic mass is 16.2. The van der Waals surface area contributed by atoms with E-state index < -0.39 is 0 Å². The van der Waals surface area contributed by atoms with Crippen LogP contribution in [0.25, 0.3) is 0 Å². The summed E-state index contributed by atoms with van der Waals surface area (Å²) in [6, 6.07) is 0. The molecule has 0 bridgehead atoms. The van der Waals surface area contributed by atoms with Gasteiger partial charge in [-0.15, -0.1) is 0 Å². The minimum atomic E-state index is 0.181. The number of carbonyl (C=O) groups excluding carboxylic acids is 1. The molecule has 0 fully saturated rings. The van der Waals surface area contributed by atoms with Crippen molar-refractivity contribution in [2.24, 2.45) is 5.92 Å². The molecule has 2 nitrogen and oxygen atoms in total. The summed E-state index contributed by atoms with van der Waals surface area (Å²) in [5.74, 6) is 0.400. The van der Waals surface area contributed by atoms with E-state index in [-0.39, 0.29) is 11.8 Å². The third-order valence-electron chi connectivity index (χ3n) is 1.47. The van der Waals surface area contributed by atoms with Crippen molar-refractivity contribution in [3.05, 3.63) is 0 Å². The van der Waals surface area contributed by atoms with E-state index in [1.165, 1.54) is 0 Å². The average molecular weight is 129 g/mol. The Hall–Kier alpha value is -0.530. The summed E-state index contributed by atoms with van der Waals surface area (Å²) in [7, 11) is 3.57. The van der Waals surface area contributed by atoms with Gasteiger partial charge in [-0.1, -0.05) is 13.8 Å². The lowest BCUT2D eigenvalue weighted by atomic mass is 10.1. The van der Waals surface area contributed by atoms with Crippen LogP contribution in [0.3, 0.4) is 0 Å². The predicted molar refractivity (Wildman–Crippen MR) is 38.1 cm³/mol. The maximum absolute atomic E-state index is 11.0. The van der Waals surface area contributed by atoms with Gasteiger partial charge in [0.25, 0.3) is 0 Å². The number of hydrogen-bond donors (Lipinski definition) is 0. The second kappa shape index (κ2) is 3.49. The first-order chi connectivity index (χ1) is 4.09. The molecule has 0 N–H and O–H groups in total. The van der Waals surface area contributed by atoms with Crippen molar-refractivity contribution >= 4 is 5.91 Å². The SMILES string of the molecule is CC[C@@H](C)C(=O)N(C)C. The molecule has 54 valence electrons. The summed E-state index contributed by atoms with van der Waals surface area (Å²) in [6.45, 7) is 3.97. The van der Waals surface area contributed by atoms with E-state index in [9.17, 15) is 4.79 Å². The Morgan fingerprint density at radius 1 is 1.56 bits per heavy atom. The second-order valence-corrected chi connectivity index (χ2v) is 2.54. The van der Waals surface area contributed by atoms with Gasteiger partial charge in [0, 0.05) is 20.0 Å². The Morgan fingerprint density at radius 2 is 2.00 bits per heavy atom. The van der Waals surface area contributed by atoms with Crippen molar-refractivity contribution in [3.8, 4) is 0 Å². The number of amides is 1. The molecule has 0 aromatic carbocycles. The van der Waals surface area contributed by atoms with Gasteiger partial charge in [0.15, 0.2) is 0 Å². The molecule has 0 aliphatic rings. The van der Waals surface area contributed by atoms with Crippen LogP contribution in [0.15, 0.2) is 0 Å². The van der Waals surface area contributed by atoms with Crippen molar-refractivity contribution in [2.75, 3.05) is 14.1 Å². The Kier molecular flexibility index (Phi) is 3.28. The van der Waals surface area contributed by atoms with Crippen LogP contribution in [0.1, 0.15) is 20.3 Å². The van der Waals surface area contributed by atoms with Gasteiger partial charge in [0.2, 0.25) is 5.91 Å². The smallest absolute Gasteiger partial charge is 0.224 e. The van der Waals surface area contributed by atoms with Gasteiger partial charge in [0.05, 0.1) is 0 Å². The van der Waals surface area contributed by atoms with E-state index in [0.29, 0.717) is 0 Å². The van der Waals surface area contributed by atoms with Crippen molar-refractivity contribution in [2.45, 2.75) is 20.3 Å². The first-order valence-electron chi connectivity index (χ1n) is 3.30. The fourth-order valence-corrected chi connectivity index (χ4v) is 0.615. The Labute approximate surface area is 56.9 Å². The molecule has 2 heteroatoms. The van der Waals surface area contributed by atoms with Crippen molar-refractivity contribution in [1.29, 1.82) is 0 Å². The molecule has 0 rings (SSSR count). The van der Waals surface area contributed by atoms with E-state index >= 15 is 0 Å². The zero-order valence-electron chi connectivity index (χ0n) is 6.64. The Morgan fingerprint density at radius 3 is 2.11 bits per heavy atom. The molecule has 1 amide bonds. The minimum absolute atomic E-state index is 0.181. The summed E-state index contributed by atoms with van der Waals surface area (Å²) < 4.78 is 0. The van der Waals surface area contributed by atoms with Gasteiger partial charge in [-0.3, -0.25) is 4.79 Å². The second-order valence-electron chi connectivity index (χ2n) is 2.54. The summed E-state index contributed by atoms with van der Waals surface area (Å²) in [6.07, 6.45) is 0.928. The molecule has 0 unspecified atom stereocenters. The summed E-state index contributed by atoms with van der Waals surface area (Å²) >= 11 is 0. The molecule has 9 heavy (non-hydrogen) atoms. The third-order valence-corrected chi connectivity index (χ3v) is 1.47. The summed E-state index contributed by atoms with van der Waals surface area (Å²) in [5.41, 5.74) is 0. The molecule has 1 atom stereocenters. The standard InChI is InChI=1S/C7H15NO/c1-5-6(2)7(9)8(3)4/h6H,5H2,1-4H3/t6-/m1/s1. The first kappa shape index (κ1) is 8.47. The van der Waals surface area contributed by atoms with Crippen molar-refractivity contribution in [1.82, 2.24) is 4.90 Å². The monoisotopic (exact) mass is 129 g/mol.